The first-order valence-electron chi connectivity index (χ1n) is 8.36. The summed E-state index contributed by atoms with van der Waals surface area (Å²) in [4.78, 5) is 2.80. The third-order valence-electron chi connectivity index (χ3n) is 4.95. The normalized spacial score (nSPS) is 27.8. The molecule has 3 heteroatoms. The molecule has 0 amide bonds. The predicted molar refractivity (Wildman–Crippen MR) is 87.1 cm³/mol. The van der Waals surface area contributed by atoms with Crippen molar-refractivity contribution < 1.29 is 0 Å². The zero-order valence-corrected chi connectivity index (χ0v) is 13.7. The summed E-state index contributed by atoms with van der Waals surface area (Å²) in [6, 6.07) is 0.777. The Balaban J connectivity index is 1.85. The Labute approximate surface area is 124 Å². The van der Waals surface area contributed by atoms with Crippen LogP contribution in [0.3, 0.4) is 0 Å². The lowest BCUT2D eigenvalue weighted by Crippen LogP contribution is -2.64. The minimum Gasteiger partial charge on any atom is -0.308 e. The van der Waals surface area contributed by atoms with Gasteiger partial charge in [0.1, 0.15) is 0 Å². The Hall–Kier alpha value is 0.270. The molecule has 2 rings (SSSR count). The van der Waals surface area contributed by atoms with Crippen LogP contribution < -0.4 is 5.32 Å². The van der Waals surface area contributed by atoms with Crippen molar-refractivity contribution in [2.45, 2.75) is 70.4 Å². The lowest BCUT2D eigenvalue weighted by molar-refractivity contribution is 0.0544. The van der Waals surface area contributed by atoms with Crippen molar-refractivity contribution in [3.05, 3.63) is 0 Å². The average molecular weight is 285 g/mol. The van der Waals surface area contributed by atoms with E-state index in [-0.39, 0.29) is 0 Å². The van der Waals surface area contributed by atoms with Gasteiger partial charge in [-0.2, -0.15) is 11.8 Å². The number of hydrogen-bond donors (Lipinski definition) is 1. The quantitative estimate of drug-likeness (QED) is 0.751. The van der Waals surface area contributed by atoms with E-state index in [0.717, 1.165) is 6.04 Å². The smallest absolute Gasteiger partial charge is 0.0309 e. The number of piperazine rings is 1. The number of thioether (sulfide) groups is 1. The maximum Gasteiger partial charge on any atom is 0.0309 e. The molecule has 1 heterocycles. The number of nitrogens with one attached hydrogen (secondary N) is 1. The Morgan fingerprint density at radius 2 is 2.00 bits per heavy atom. The van der Waals surface area contributed by atoms with Gasteiger partial charge >= 0.3 is 0 Å². The summed E-state index contributed by atoms with van der Waals surface area (Å²) in [5, 5.41) is 3.92. The summed E-state index contributed by atoms with van der Waals surface area (Å²) in [6.45, 7) is 8.45. The lowest BCUT2D eigenvalue weighted by atomic mass is 9.79. The van der Waals surface area contributed by atoms with Crippen LogP contribution in [0.15, 0.2) is 0 Å². The molecule has 112 valence electrons. The van der Waals surface area contributed by atoms with E-state index in [1.165, 1.54) is 76.1 Å². The van der Waals surface area contributed by atoms with Crippen LogP contribution in [0.4, 0.5) is 0 Å². The standard InChI is InChI=1S/C16H32N2S/c1-3-15-13-17-16(9-6-5-7-10-16)14-18(15)11-8-12-19-4-2/h15,17H,3-14H2,1-2H3. The predicted octanol–water partition coefficient (Wildman–Crippen LogP) is 3.52. The molecule has 2 aliphatic rings. The zero-order chi connectivity index (χ0) is 13.6. The Kier molecular flexibility index (Phi) is 6.51. The van der Waals surface area contributed by atoms with Gasteiger partial charge in [-0.05, 0) is 43.7 Å². The van der Waals surface area contributed by atoms with Crippen LogP contribution in [0.2, 0.25) is 0 Å². The van der Waals surface area contributed by atoms with Crippen LogP contribution >= 0.6 is 11.8 Å². The van der Waals surface area contributed by atoms with Gasteiger partial charge in [0, 0.05) is 24.7 Å². The van der Waals surface area contributed by atoms with E-state index in [1.807, 2.05) is 0 Å². The van der Waals surface area contributed by atoms with Crippen LogP contribution in [-0.2, 0) is 0 Å². The Morgan fingerprint density at radius 3 is 2.68 bits per heavy atom. The van der Waals surface area contributed by atoms with Gasteiger partial charge in [0.15, 0.2) is 0 Å². The number of nitrogens with zero attached hydrogens (tertiary/aromatic N) is 1. The fourth-order valence-corrected chi connectivity index (χ4v) is 4.40. The van der Waals surface area contributed by atoms with Crippen molar-refractivity contribution in [3.63, 3.8) is 0 Å². The molecule has 1 N–H and O–H groups in total. The Bertz CT molecular complexity index is 251. The fraction of sp³-hybridized carbons (Fsp3) is 1.00. The van der Waals surface area contributed by atoms with Gasteiger partial charge in [0.2, 0.25) is 0 Å². The van der Waals surface area contributed by atoms with Gasteiger partial charge in [0.25, 0.3) is 0 Å². The van der Waals surface area contributed by atoms with E-state index in [4.69, 9.17) is 0 Å². The van der Waals surface area contributed by atoms with Gasteiger partial charge in [0.05, 0.1) is 0 Å². The third-order valence-corrected chi connectivity index (χ3v) is 5.94. The van der Waals surface area contributed by atoms with Gasteiger partial charge in [-0.25, -0.2) is 0 Å². The molecule has 0 aromatic heterocycles. The highest BCUT2D eigenvalue weighted by Crippen LogP contribution is 2.32. The average Bonchev–Trinajstić information content (AvgIpc) is 2.45. The molecule has 1 unspecified atom stereocenters. The van der Waals surface area contributed by atoms with Crippen LogP contribution in [-0.4, -0.2) is 47.6 Å². The molecule has 2 nitrogen and oxygen atoms in total. The van der Waals surface area contributed by atoms with Crippen molar-refractivity contribution in [3.8, 4) is 0 Å². The second kappa shape index (κ2) is 7.90. The van der Waals surface area contributed by atoms with E-state index >= 15 is 0 Å². The maximum atomic E-state index is 3.92. The molecule has 1 aliphatic heterocycles. The first-order valence-corrected chi connectivity index (χ1v) is 9.52. The van der Waals surface area contributed by atoms with Gasteiger partial charge in [-0.3, -0.25) is 4.90 Å². The number of hydrogen-bond acceptors (Lipinski definition) is 3. The highest BCUT2D eigenvalue weighted by molar-refractivity contribution is 7.99. The summed E-state index contributed by atoms with van der Waals surface area (Å²) in [5.41, 5.74) is 0.474. The van der Waals surface area contributed by atoms with E-state index in [9.17, 15) is 0 Å². The van der Waals surface area contributed by atoms with Crippen LogP contribution in [0.1, 0.15) is 58.8 Å². The van der Waals surface area contributed by atoms with Gasteiger partial charge in [-0.15, -0.1) is 0 Å². The molecule has 0 radical (unpaired) electrons. The summed E-state index contributed by atoms with van der Waals surface area (Å²) < 4.78 is 0. The maximum absolute atomic E-state index is 3.92. The molecule has 0 aromatic rings. The van der Waals surface area contributed by atoms with E-state index in [0.29, 0.717) is 5.54 Å². The summed E-state index contributed by atoms with van der Waals surface area (Å²) in [6.07, 6.45) is 9.79. The summed E-state index contributed by atoms with van der Waals surface area (Å²) >= 11 is 2.09. The van der Waals surface area contributed by atoms with Crippen LogP contribution in [0.25, 0.3) is 0 Å². The Morgan fingerprint density at radius 1 is 1.21 bits per heavy atom. The zero-order valence-electron chi connectivity index (χ0n) is 12.9. The molecule has 2 fully saturated rings. The van der Waals surface area contributed by atoms with Crippen LogP contribution in [0.5, 0.6) is 0 Å². The molecule has 19 heavy (non-hydrogen) atoms. The van der Waals surface area contributed by atoms with E-state index < -0.39 is 0 Å². The van der Waals surface area contributed by atoms with Crippen molar-refractivity contribution in [2.75, 3.05) is 31.1 Å². The van der Waals surface area contributed by atoms with Crippen molar-refractivity contribution >= 4 is 11.8 Å². The van der Waals surface area contributed by atoms with Crippen molar-refractivity contribution in [2.24, 2.45) is 0 Å². The molecule has 0 bridgehead atoms. The molecule has 1 spiro atoms. The topological polar surface area (TPSA) is 15.3 Å². The third kappa shape index (κ3) is 4.37. The van der Waals surface area contributed by atoms with Crippen LogP contribution in [0, 0.1) is 0 Å². The minimum absolute atomic E-state index is 0.474. The first kappa shape index (κ1) is 15.7. The van der Waals surface area contributed by atoms with Gasteiger partial charge in [-0.1, -0.05) is 33.1 Å². The molecule has 0 aromatic carbocycles. The molecule has 1 aliphatic carbocycles. The number of rotatable bonds is 6. The van der Waals surface area contributed by atoms with E-state index in [1.54, 1.807) is 0 Å². The van der Waals surface area contributed by atoms with Crippen molar-refractivity contribution in [1.82, 2.24) is 10.2 Å². The molecule has 1 atom stereocenters. The summed E-state index contributed by atoms with van der Waals surface area (Å²) in [5.74, 6) is 2.60. The second-order valence-corrected chi connectivity index (χ2v) is 7.70. The highest BCUT2D eigenvalue weighted by Gasteiger charge is 2.38. The molecule has 1 saturated heterocycles. The summed E-state index contributed by atoms with van der Waals surface area (Å²) in [7, 11) is 0. The SMILES string of the molecule is CCSCCCN1CC2(CCCCC2)NCC1CC. The fourth-order valence-electron chi connectivity index (χ4n) is 3.78. The largest absolute Gasteiger partial charge is 0.308 e. The monoisotopic (exact) mass is 284 g/mol. The van der Waals surface area contributed by atoms with E-state index in [2.05, 4.69) is 35.8 Å². The molecule has 1 saturated carbocycles. The first-order chi connectivity index (χ1) is 9.29. The van der Waals surface area contributed by atoms with Gasteiger partial charge < -0.3 is 5.32 Å². The molecular formula is C16H32N2S. The van der Waals surface area contributed by atoms with Crippen molar-refractivity contribution in [1.29, 1.82) is 0 Å². The molecular weight excluding hydrogens is 252 g/mol. The highest BCUT2D eigenvalue weighted by atomic mass is 32.2. The second-order valence-electron chi connectivity index (χ2n) is 6.30. The minimum atomic E-state index is 0.474. The lowest BCUT2D eigenvalue weighted by Gasteiger charge is -2.49.